The van der Waals surface area contributed by atoms with Crippen molar-refractivity contribution in [3.05, 3.63) is 77.9 Å². The fourth-order valence-corrected chi connectivity index (χ4v) is 5.30. The topological polar surface area (TPSA) is 93.1 Å². The molecule has 0 amide bonds. The second-order valence-corrected chi connectivity index (χ2v) is 10.9. The van der Waals surface area contributed by atoms with E-state index in [9.17, 15) is 14.7 Å². The van der Waals surface area contributed by atoms with Gasteiger partial charge in [0.15, 0.2) is 0 Å². The maximum atomic E-state index is 12.2. The summed E-state index contributed by atoms with van der Waals surface area (Å²) in [5.41, 5.74) is 3.59. The van der Waals surface area contributed by atoms with Crippen LogP contribution in [0.3, 0.4) is 0 Å². The zero-order valence-corrected chi connectivity index (χ0v) is 23.8. The molecule has 1 saturated carbocycles. The smallest absolute Gasteiger partial charge is 0.341 e. The fraction of sp³-hybridized carbons (Fsp3) is 0.471. The largest absolute Gasteiger partial charge is 0.457 e. The van der Waals surface area contributed by atoms with Crippen LogP contribution in [0, 0.1) is 5.92 Å². The highest BCUT2D eigenvalue weighted by Crippen LogP contribution is 2.38. The second kappa shape index (κ2) is 16.1. The predicted molar refractivity (Wildman–Crippen MR) is 158 cm³/mol. The van der Waals surface area contributed by atoms with E-state index in [0.29, 0.717) is 11.5 Å². The molecule has 1 aliphatic rings. The van der Waals surface area contributed by atoms with Crippen molar-refractivity contribution < 1.29 is 29.3 Å². The second-order valence-electron chi connectivity index (χ2n) is 10.9. The average molecular weight is 549 g/mol. The molecule has 0 saturated heterocycles. The minimum atomic E-state index is -0.733. The van der Waals surface area contributed by atoms with Crippen molar-refractivity contribution in [2.45, 2.75) is 83.7 Å². The lowest BCUT2D eigenvalue weighted by Crippen LogP contribution is -2.13. The van der Waals surface area contributed by atoms with Gasteiger partial charge in [0.1, 0.15) is 12.4 Å². The summed E-state index contributed by atoms with van der Waals surface area (Å²) >= 11 is 0. The summed E-state index contributed by atoms with van der Waals surface area (Å²) in [6.07, 6.45) is 13.2. The van der Waals surface area contributed by atoms with E-state index < -0.39 is 25.2 Å². The van der Waals surface area contributed by atoms with E-state index in [1.807, 2.05) is 6.07 Å². The Morgan fingerprint density at radius 2 is 1.48 bits per heavy atom. The number of esters is 2. The minimum Gasteiger partial charge on any atom is -0.457 e. The zero-order valence-electron chi connectivity index (χ0n) is 23.8. The minimum absolute atomic E-state index is 0.0429. The third kappa shape index (κ3) is 9.46. The Morgan fingerprint density at radius 3 is 2.12 bits per heavy atom. The highest BCUT2D eigenvalue weighted by molar-refractivity contribution is 5.90. The number of ether oxygens (including phenoxy) is 2. The molecule has 2 aromatic carbocycles. The summed E-state index contributed by atoms with van der Waals surface area (Å²) in [6, 6.07) is 13.7. The van der Waals surface area contributed by atoms with Crippen LogP contribution in [0.15, 0.2) is 66.8 Å². The van der Waals surface area contributed by atoms with Gasteiger partial charge in [0, 0.05) is 0 Å². The first-order valence-electron chi connectivity index (χ1n) is 14.5. The molecule has 2 N–H and O–H groups in total. The van der Waals surface area contributed by atoms with Crippen LogP contribution in [-0.4, -0.2) is 35.4 Å². The first-order chi connectivity index (χ1) is 19.3. The number of rotatable bonds is 15. The number of carbonyl (C=O) groups is 2. The monoisotopic (exact) mass is 548 g/mol. The van der Waals surface area contributed by atoms with E-state index in [0.717, 1.165) is 17.0 Å². The Hall–Kier alpha value is -3.22. The molecule has 1 aliphatic carbocycles. The van der Waals surface area contributed by atoms with Crippen LogP contribution in [-0.2, 0) is 20.9 Å². The Morgan fingerprint density at radius 1 is 0.825 bits per heavy atom. The summed E-state index contributed by atoms with van der Waals surface area (Å²) in [5, 5.41) is 18.3. The number of aliphatic hydroxyl groups excluding tert-OH is 2. The van der Waals surface area contributed by atoms with Gasteiger partial charge in [-0.15, -0.1) is 0 Å². The van der Waals surface area contributed by atoms with Crippen LogP contribution in [0.25, 0.3) is 11.1 Å². The van der Waals surface area contributed by atoms with Gasteiger partial charge in [0.2, 0.25) is 0 Å². The number of aliphatic hydroxyl groups is 2. The molecule has 1 fully saturated rings. The summed E-state index contributed by atoms with van der Waals surface area (Å²) < 4.78 is 10.7. The fourth-order valence-electron chi connectivity index (χ4n) is 5.30. The van der Waals surface area contributed by atoms with Gasteiger partial charge in [0.25, 0.3) is 0 Å². The van der Waals surface area contributed by atoms with Gasteiger partial charge in [-0.1, -0.05) is 82.9 Å². The lowest BCUT2D eigenvalue weighted by molar-refractivity contribution is -0.140. The van der Waals surface area contributed by atoms with Crippen molar-refractivity contribution in [1.82, 2.24) is 0 Å². The zero-order chi connectivity index (χ0) is 28.9. The van der Waals surface area contributed by atoms with Gasteiger partial charge in [-0.3, -0.25) is 0 Å². The Balaban J connectivity index is 1.68. The predicted octanol–water partition coefficient (Wildman–Crippen LogP) is 7.03. The Labute approximate surface area is 238 Å². The Kier molecular flexibility index (Phi) is 12.6. The van der Waals surface area contributed by atoms with Crippen molar-refractivity contribution in [2.75, 3.05) is 13.2 Å². The summed E-state index contributed by atoms with van der Waals surface area (Å²) in [6.45, 7) is 8.18. The van der Waals surface area contributed by atoms with E-state index >= 15 is 0 Å². The van der Waals surface area contributed by atoms with E-state index in [2.05, 4.69) is 44.3 Å². The van der Waals surface area contributed by atoms with Crippen LogP contribution in [0.5, 0.6) is 5.75 Å². The quantitative estimate of drug-likeness (QED) is 0.107. The van der Waals surface area contributed by atoms with Gasteiger partial charge in [-0.2, -0.15) is 0 Å². The van der Waals surface area contributed by atoms with E-state index in [1.54, 1.807) is 12.1 Å². The molecule has 0 atom stereocenters. The average Bonchev–Trinajstić information content (AvgIpc) is 2.99. The number of unbranched alkanes of at least 4 members (excludes halogenated alkanes) is 4. The number of hydrogen-bond donors (Lipinski definition) is 2. The third-order valence-corrected chi connectivity index (χ3v) is 7.78. The molecular weight excluding hydrogens is 504 g/mol. The first-order valence-corrected chi connectivity index (χ1v) is 14.5. The molecule has 0 heterocycles. The molecule has 0 aliphatic heterocycles. The summed E-state index contributed by atoms with van der Waals surface area (Å²) in [4.78, 5) is 24.2. The van der Waals surface area contributed by atoms with Crippen molar-refractivity contribution in [3.63, 3.8) is 0 Å². The molecule has 0 unspecified atom stereocenters. The van der Waals surface area contributed by atoms with Crippen LogP contribution in [0.4, 0.5) is 0 Å². The van der Waals surface area contributed by atoms with Crippen molar-refractivity contribution >= 4 is 11.9 Å². The number of benzene rings is 2. The molecule has 6 nitrogen and oxygen atoms in total. The van der Waals surface area contributed by atoms with Gasteiger partial charge < -0.3 is 19.7 Å². The van der Waals surface area contributed by atoms with Crippen LogP contribution < -0.4 is 4.74 Å². The molecule has 3 rings (SSSR count). The highest BCUT2D eigenvalue weighted by atomic mass is 16.5. The van der Waals surface area contributed by atoms with E-state index in [-0.39, 0.29) is 23.5 Å². The normalized spacial score (nSPS) is 16.8. The molecule has 0 aromatic heterocycles. The van der Waals surface area contributed by atoms with Gasteiger partial charge in [0.05, 0.1) is 24.4 Å². The molecule has 40 heavy (non-hydrogen) atoms. The molecular formula is C34H44O6. The van der Waals surface area contributed by atoms with Gasteiger partial charge >= 0.3 is 11.9 Å². The molecule has 216 valence electrons. The molecule has 0 spiro atoms. The SMILES string of the molecule is C=C(CO)C(=O)OCc1cc(OC(=O)C(=C)CO)cc(-c2ccc(C3CCC(CCCCCCC)CC3)cc2)c1. The Bertz CT molecular complexity index is 1140. The van der Waals surface area contributed by atoms with E-state index in [1.165, 1.54) is 69.8 Å². The van der Waals surface area contributed by atoms with Crippen LogP contribution in [0.2, 0.25) is 0 Å². The van der Waals surface area contributed by atoms with Gasteiger partial charge in [-0.05, 0) is 78.0 Å². The molecule has 6 heteroatoms. The van der Waals surface area contributed by atoms with Crippen LogP contribution in [0.1, 0.15) is 88.2 Å². The van der Waals surface area contributed by atoms with Crippen molar-refractivity contribution in [2.24, 2.45) is 5.92 Å². The number of carbonyl (C=O) groups excluding carboxylic acids is 2. The standard InChI is InChI=1S/C34H44O6/c1-4-5-6-7-8-9-26-10-12-28(13-11-26)29-14-16-30(17-15-29)31-18-27(23-39-33(37)24(2)21-35)19-32(20-31)40-34(38)25(3)22-36/h14-20,26,28,35-36H,2-13,21-23H2,1H3. The maximum absolute atomic E-state index is 12.2. The number of hydrogen-bond acceptors (Lipinski definition) is 6. The van der Waals surface area contributed by atoms with Crippen molar-refractivity contribution in [1.29, 1.82) is 0 Å². The van der Waals surface area contributed by atoms with E-state index in [4.69, 9.17) is 14.6 Å². The summed E-state index contributed by atoms with van der Waals surface area (Å²) in [5.74, 6) is 0.267. The van der Waals surface area contributed by atoms with Crippen molar-refractivity contribution in [3.8, 4) is 16.9 Å². The molecule has 0 bridgehead atoms. The maximum Gasteiger partial charge on any atom is 0.341 e. The van der Waals surface area contributed by atoms with Gasteiger partial charge in [-0.25, -0.2) is 9.59 Å². The summed E-state index contributed by atoms with van der Waals surface area (Å²) in [7, 11) is 0. The molecule has 0 radical (unpaired) electrons. The highest BCUT2D eigenvalue weighted by Gasteiger charge is 2.22. The molecule has 2 aromatic rings. The third-order valence-electron chi connectivity index (χ3n) is 7.78. The first kappa shape index (κ1) is 31.3. The lowest BCUT2D eigenvalue weighted by Gasteiger charge is -2.29. The van der Waals surface area contributed by atoms with Crippen LogP contribution >= 0.6 is 0 Å². The lowest BCUT2D eigenvalue weighted by atomic mass is 9.77.